The summed E-state index contributed by atoms with van der Waals surface area (Å²) in [5.74, 6) is -2.22. The number of aromatic nitrogens is 1. The molecule has 9 nitrogen and oxygen atoms in total. The van der Waals surface area contributed by atoms with Gasteiger partial charge >= 0.3 is 5.97 Å². The average Bonchev–Trinajstić information content (AvgIpc) is 2.71. The quantitative estimate of drug-likeness (QED) is 0.550. The summed E-state index contributed by atoms with van der Waals surface area (Å²) in [6, 6.07) is 11.3. The van der Waals surface area contributed by atoms with Gasteiger partial charge in [-0.25, -0.2) is 13.4 Å². The van der Waals surface area contributed by atoms with Gasteiger partial charge in [-0.05, 0) is 42.5 Å². The summed E-state index contributed by atoms with van der Waals surface area (Å²) < 4.78 is 30.9. The minimum atomic E-state index is -3.85. The van der Waals surface area contributed by atoms with E-state index in [1.165, 1.54) is 43.5 Å². The number of amides is 1. The van der Waals surface area contributed by atoms with Crippen molar-refractivity contribution in [1.29, 1.82) is 0 Å². The smallest absolute Gasteiger partial charge is 0.322 e. The van der Waals surface area contributed by atoms with Gasteiger partial charge in [0.2, 0.25) is 9.84 Å². The first kappa shape index (κ1) is 20.1. The van der Waals surface area contributed by atoms with E-state index in [4.69, 9.17) is 9.84 Å². The predicted molar refractivity (Wildman–Crippen MR) is 102 cm³/mol. The molecule has 0 saturated carbocycles. The third-order valence-corrected chi connectivity index (χ3v) is 5.79. The maximum atomic E-state index is 12.9. The second-order valence-corrected chi connectivity index (χ2v) is 7.92. The average molecular weight is 416 g/mol. The monoisotopic (exact) mass is 416 g/mol. The van der Waals surface area contributed by atoms with E-state index < -0.39 is 34.0 Å². The van der Waals surface area contributed by atoms with Crippen LogP contribution in [0.5, 0.6) is 11.5 Å². The van der Waals surface area contributed by atoms with E-state index in [2.05, 4.69) is 10.3 Å². The molecule has 0 bridgehead atoms. The highest BCUT2D eigenvalue weighted by Gasteiger charge is 2.20. The Bertz CT molecular complexity index is 1220. The van der Waals surface area contributed by atoms with Crippen LogP contribution in [0.3, 0.4) is 0 Å². The molecule has 150 valence electrons. The molecule has 10 heteroatoms. The molecule has 3 N–H and O–H groups in total. The Balaban J connectivity index is 2.01. The van der Waals surface area contributed by atoms with Crippen LogP contribution in [0.1, 0.15) is 10.5 Å². The summed E-state index contributed by atoms with van der Waals surface area (Å²) in [6.07, 6.45) is 0. The van der Waals surface area contributed by atoms with Gasteiger partial charge < -0.3 is 20.3 Å². The fourth-order valence-corrected chi connectivity index (χ4v) is 3.95. The predicted octanol–water partition coefficient (Wildman–Crippen LogP) is 1.60. The van der Waals surface area contributed by atoms with Crippen molar-refractivity contribution in [2.75, 3.05) is 13.7 Å². The van der Waals surface area contributed by atoms with Crippen LogP contribution >= 0.6 is 0 Å². The third-order valence-electron chi connectivity index (χ3n) is 4.04. The number of hydrogen-bond donors (Lipinski definition) is 3. The van der Waals surface area contributed by atoms with Crippen LogP contribution in [0.15, 0.2) is 58.3 Å². The van der Waals surface area contributed by atoms with Crippen LogP contribution in [0.25, 0.3) is 10.9 Å². The summed E-state index contributed by atoms with van der Waals surface area (Å²) in [4.78, 5) is 26.6. The van der Waals surface area contributed by atoms with Crippen molar-refractivity contribution in [3.63, 3.8) is 0 Å². The summed E-state index contributed by atoms with van der Waals surface area (Å²) >= 11 is 0. The molecule has 29 heavy (non-hydrogen) atoms. The minimum Gasteiger partial charge on any atom is -0.505 e. The number of aliphatic carboxylic acids is 1. The number of carboxylic acids is 1. The Morgan fingerprint density at radius 2 is 1.83 bits per heavy atom. The maximum Gasteiger partial charge on any atom is 0.322 e. The van der Waals surface area contributed by atoms with Gasteiger partial charge in [0, 0.05) is 5.39 Å². The molecule has 2 aromatic carbocycles. The molecule has 0 spiro atoms. The van der Waals surface area contributed by atoms with E-state index in [1.807, 2.05) is 0 Å². The van der Waals surface area contributed by atoms with Crippen molar-refractivity contribution in [3.8, 4) is 11.5 Å². The topological polar surface area (TPSA) is 143 Å². The Hall–Kier alpha value is -3.66. The number of methoxy groups -OCH3 is 1. The van der Waals surface area contributed by atoms with Crippen molar-refractivity contribution in [2.24, 2.45) is 0 Å². The fraction of sp³-hybridized carbons (Fsp3) is 0.105. The lowest BCUT2D eigenvalue weighted by Crippen LogP contribution is -2.29. The van der Waals surface area contributed by atoms with Crippen molar-refractivity contribution in [1.82, 2.24) is 10.3 Å². The second-order valence-electron chi connectivity index (χ2n) is 5.97. The van der Waals surface area contributed by atoms with Crippen LogP contribution in [-0.2, 0) is 14.6 Å². The lowest BCUT2D eigenvalue weighted by atomic mass is 10.2. The van der Waals surface area contributed by atoms with Gasteiger partial charge in [-0.3, -0.25) is 9.59 Å². The molecule has 1 amide bonds. The minimum absolute atomic E-state index is 0.0254. The van der Waals surface area contributed by atoms with Gasteiger partial charge in [-0.1, -0.05) is 6.07 Å². The molecule has 0 radical (unpaired) electrons. The Morgan fingerprint density at radius 3 is 2.52 bits per heavy atom. The molecule has 0 atom stereocenters. The van der Waals surface area contributed by atoms with Gasteiger partial charge in [-0.15, -0.1) is 0 Å². The number of sulfone groups is 1. The van der Waals surface area contributed by atoms with E-state index in [-0.39, 0.29) is 21.0 Å². The highest BCUT2D eigenvalue weighted by Crippen LogP contribution is 2.28. The van der Waals surface area contributed by atoms with Crippen molar-refractivity contribution in [2.45, 2.75) is 9.79 Å². The molecular formula is C19H16N2O7S. The maximum absolute atomic E-state index is 12.9. The lowest BCUT2D eigenvalue weighted by Gasteiger charge is -2.09. The van der Waals surface area contributed by atoms with Crippen molar-refractivity contribution >= 4 is 32.6 Å². The summed E-state index contributed by atoms with van der Waals surface area (Å²) in [7, 11) is -2.42. The van der Waals surface area contributed by atoms with Crippen molar-refractivity contribution in [3.05, 3.63) is 54.2 Å². The Kier molecular flexibility index (Phi) is 5.37. The summed E-state index contributed by atoms with van der Waals surface area (Å²) in [6.45, 7) is -0.629. The normalized spacial score (nSPS) is 11.2. The first-order chi connectivity index (χ1) is 13.7. The van der Waals surface area contributed by atoms with Crippen LogP contribution in [-0.4, -0.2) is 49.1 Å². The number of fused-ring (bicyclic) bond motifs is 1. The van der Waals surface area contributed by atoms with Crippen LogP contribution in [0.4, 0.5) is 0 Å². The van der Waals surface area contributed by atoms with Crippen LogP contribution in [0, 0.1) is 0 Å². The molecule has 3 aromatic rings. The van der Waals surface area contributed by atoms with Gasteiger partial charge in [0.25, 0.3) is 5.91 Å². The zero-order chi connectivity index (χ0) is 21.2. The van der Waals surface area contributed by atoms with Crippen LogP contribution in [0.2, 0.25) is 0 Å². The number of hydrogen-bond acceptors (Lipinski definition) is 7. The van der Waals surface area contributed by atoms with E-state index in [9.17, 15) is 23.1 Å². The number of rotatable bonds is 6. The summed E-state index contributed by atoms with van der Waals surface area (Å²) in [5.41, 5.74) is -0.102. The molecule has 0 unspecified atom stereocenters. The van der Waals surface area contributed by atoms with Crippen LogP contribution < -0.4 is 10.1 Å². The van der Waals surface area contributed by atoms with E-state index in [0.29, 0.717) is 11.1 Å². The molecule has 1 aromatic heterocycles. The number of nitrogens with zero attached hydrogens (tertiary/aromatic N) is 1. The van der Waals surface area contributed by atoms with Gasteiger partial charge in [-0.2, -0.15) is 0 Å². The Labute approximate surface area is 165 Å². The number of aromatic hydroxyl groups is 1. The highest BCUT2D eigenvalue weighted by molar-refractivity contribution is 7.91. The molecular weight excluding hydrogens is 400 g/mol. The Morgan fingerprint density at radius 1 is 1.10 bits per heavy atom. The van der Waals surface area contributed by atoms with Crippen molar-refractivity contribution < 1.29 is 33.0 Å². The molecule has 0 aliphatic carbocycles. The lowest BCUT2D eigenvalue weighted by molar-refractivity contribution is -0.135. The number of carbonyl (C=O) groups is 2. The summed E-state index contributed by atoms with van der Waals surface area (Å²) in [5, 5.41) is 21.1. The number of ether oxygens (including phenoxy) is 1. The largest absolute Gasteiger partial charge is 0.505 e. The first-order valence-electron chi connectivity index (χ1n) is 8.25. The number of benzene rings is 2. The molecule has 0 fully saturated rings. The standard InChI is InChI=1S/C19H16N2O7S/c1-28-12-3-2-4-13(9-12)29(26,27)14-5-6-15-11(7-14)8-16(22)18(21-15)19(25)20-10-17(23)24/h2-9,22H,10H2,1H3,(H,20,25)(H,23,24). The van der Waals surface area contributed by atoms with Gasteiger partial charge in [0.05, 0.1) is 22.4 Å². The van der Waals surface area contributed by atoms with E-state index in [0.717, 1.165) is 0 Å². The zero-order valence-electron chi connectivity index (χ0n) is 15.1. The molecule has 0 aliphatic heterocycles. The number of nitrogens with one attached hydrogen (secondary N) is 1. The number of pyridine rings is 1. The number of carboxylic acid groups (broad SMARTS) is 1. The molecule has 0 aliphatic rings. The van der Waals surface area contributed by atoms with Gasteiger partial charge in [0.15, 0.2) is 5.69 Å². The SMILES string of the molecule is COc1cccc(S(=O)(=O)c2ccc3nc(C(=O)NCC(=O)O)c(O)cc3c2)c1. The zero-order valence-corrected chi connectivity index (χ0v) is 15.9. The third kappa shape index (κ3) is 4.11. The number of carbonyl (C=O) groups excluding carboxylic acids is 1. The highest BCUT2D eigenvalue weighted by atomic mass is 32.2. The molecule has 3 rings (SSSR count). The van der Waals surface area contributed by atoms with E-state index in [1.54, 1.807) is 12.1 Å². The fourth-order valence-electron chi connectivity index (χ4n) is 2.62. The van der Waals surface area contributed by atoms with Gasteiger partial charge in [0.1, 0.15) is 18.0 Å². The molecule has 1 heterocycles. The van der Waals surface area contributed by atoms with E-state index >= 15 is 0 Å². The molecule has 0 saturated heterocycles. The second kappa shape index (κ2) is 7.76. The first-order valence-corrected chi connectivity index (χ1v) is 9.73.